The Labute approximate surface area is 273 Å². The van der Waals surface area contributed by atoms with Crippen molar-refractivity contribution in [2.75, 3.05) is 31.1 Å². The number of carbonyl (C=O) groups is 1. The summed E-state index contributed by atoms with van der Waals surface area (Å²) < 4.78 is 19.5. The molecule has 44 heavy (non-hydrogen) atoms. The average molecular weight is 637 g/mol. The molecule has 0 amide bonds. The van der Waals surface area contributed by atoms with Gasteiger partial charge in [-0.3, -0.25) is 0 Å². The van der Waals surface area contributed by atoms with Crippen molar-refractivity contribution in [1.82, 2.24) is 0 Å². The quantitative estimate of drug-likeness (QED) is 0.229. The van der Waals surface area contributed by atoms with Gasteiger partial charge in [0.15, 0.2) is 0 Å². The highest BCUT2D eigenvalue weighted by atomic mass is 35.5. The Morgan fingerprint density at radius 1 is 1.11 bits per heavy atom. The molecule has 0 radical (unpaired) electrons. The topological polar surface area (TPSA) is 75.8 Å². The second-order valence-corrected chi connectivity index (χ2v) is 12.3. The van der Waals surface area contributed by atoms with Crippen molar-refractivity contribution in [3.8, 4) is 5.75 Å². The van der Waals surface area contributed by atoms with Gasteiger partial charge in [-0.2, -0.15) is 0 Å². The van der Waals surface area contributed by atoms with Crippen LogP contribution in [0.3, 0.4) is 0 Å². The molecule has 3 rings (SSSR count). The van der Waals surface area contributed by atoms with Crippen molar-refractivity contribution in [3.63, 3.8) is 0 Å². The molecular weight excluding hydrogens is 575 g/mol. The number of ketones is 1. The number of anilines is 1. The first-order valence-corrected chi connectivity index (χ1v) is 17.1. The van der Waals surface area contributed by atoms with Gasteiger partial charge in [-0.1, -0.05) is 77.8 Å². The van der Waals surface area contributed by atoms with Crippen LogP contribution in [0.25, 0.3) is 0 Å². The number of carbonyl (C=O) groups excluding carboxylic acids is 1. The summed E-state index contributed by atoms with van der Waals surface area (Å²) in [5.74, 6) is 0.907. The van der Waals surface area contributed by atoms with E-state index in [0.29, 0.717) is 36.4 Å². The van der Waals surface area contributed by atoms with E-state index in [9.17, 15) is 14.3 Å². The minimum atomic E-state index is -1.27. The molecular formula is C37H62ClFN2O3. The number of halogens is 2. The largest absolute Gasteiger partial charge is 0.508 e. The smallest absolute Gasteiger partial charge is 0.130 e. The number of Topliss-reactive ketones (excluding diaryl/α,β-unsaturated/α-hetero) is 1. The molecule has 5 nitrogen and oxygen atoms in total. The van der Waals surface area contributed by atoms with Gasteiger partial charge in [-0.05, 0) is 100 Å². The lowest BCUT2D eigenvalue weighted by Crippen LogP contribution is -2.26. The van der Waals surface area contributed by atoms with E-state index in [1.165, 1.54) is 30.7 Å². The standard InChI is InChI=1S/C20H34FN.C10H11ClO2.C5H11NO.C2H6/c1-7-12-22(13-8-2)19-11-10-18(20(5,6)21)15-17(19)14-16(4)9-3;1-7(12)2-3-8-4-5-9(11)6-10(8)13;6-4-5-2-1-3-7-5;1-2/h10-11,15-16H,7-9,12-14H2,1-6H3;4-6,13H,2-3H2,1H3;5H,1-4,6H2;1-2H3. The zero-order valence-electron chi connectivity index (χ0n) is 29.1. The molecule has 0 bridgehead atoms. The highest BCUT2D eigenvalue weighted by Crippen LogP contribution is 2.32. The molecule has 0 spiro atoms. The van der Waals surface area contributed by atoms with Gasteiger partial charge in [-0.25, -0.2) is 4.39 Å². The van der Waals surface area contributed by atoms with Crippen LogP contribution in [0, 0.1) is 5.92 Å². The third kappa shape index (κ3) is 16.8. The molecule has 1 aliphatic rings. The van der Waals surface area contributed by atoms with E-state index in [2.05, 4.69) is 44.7 Å². The monoisotopic (exact) mass is 636 g/mol. The first kappa shape index (κ1) is 41.9. The van der Waals surface area contributed by atoms with E-state index >= 15 is 0 Å². The number of aromatic hydroxyl groups is 1. The normalized spacial score (nSPS) is 14.7. The number of aryl methyl sites for hydroxylation is 1. The lowest BCUT2D eigenvalue weighted by atomic mass is 9.91. The summed E-state index contributed by atoms with van der Waals surface area (Å²) in [7, 11) is 0. The van der Waals surface area contributed by atoms with Crippen LogP contribution in [-0.2, 0) is 28.0 Å². The maximum absolute atomic E-state index is 14.3. The Balaban J connectivity index is 0.000000702. The highest BCUT2D eigenvalue weighted by Gasteiger charge is 2.21. The van der Waals surface area contributed by atoms with Crippen molar-refractivity contribution in [2.45, 2.75) is 125 Å². The van der Waals surface area contributed by atoms with E-state index in [1.807, 2.05) is 19.9 Å². The predicted molar refractivity (Wildman–Crippen MR) is 188 cm³/mol. The van der Waals surface area contributed by atoms with Gasteiger partial charge in [0.2, 0.25) is 0 Å². The number of ether oxygens (including phenoxy) is 1. The van der Waals surface area contributed by atoms with Gasteiger partial charge in [0.05, 0.1) is 6.10 Å². The number of phenols is 1. The maximum Gasteiger partial charge on any atom is 0.130 e. The molecule has 1 heterocycles. The third-order valence-corrected chi connectivity index (χ3v) is 7.67. The summed E-state index contributed by atoms with van der Waals surface area (Å²) >= 11 is 5.65. The number of hydrogen-bond acceptors (Lipinski definition) is 5. The molecule has 1 fully saturated rings. The van der Waals surface area contributed by atoms with Gasteiger partial charge in [0.1, 0.15) is 17.2 Å². The molecule has 1 aliphatic heterocycles. The Kier molecular flexibility index (Phi) is 22.1. The van der Waals surface area contributed by atoms with Crippen LogP contribution in [0.15, 0.2) is 36.4 Å². The van der Waals surface area contributed by atoms with Crippen molar-refractivity contribution in [2.24, 2.45) is 11.7 Å². The summed E-state index contributed by atoms with van der Waals surface area (Å²) in [4.78, 5) is 13.2. The molecule has 0 saturated carbocycles. The number of hydrogen-bond donors (Lipinski definition) is 2. The number of nitrogens with zero attached hydrogens (tertiary/aromatic N) is 1. The Morgan fingerprint density at radius 2 is 1.75 bits per heavy atom. The van der Waals surface area contributed by atoms with Crippen molar-refractivity contribution >= 4 is 23.1 Å². The van der Waals surface area contributed by atoms with Gasteiger partial charge in [0.25, 0.3) is 0 Å². The highest BCUT2D eigenvalue weighted by molar-refractivity contribution is 6.30. The van der Waals surface area contributed by atoms with Gasteiger partial charge >= 0.3 is 0 Å². The first-order chi connectivity index (χ1) is 20.9. The summed E-state index contributed by atoms with van der Waals surface area (Å²) in [6, 6.07) is 11.1. The van der Waals surface area contributed by atoms with Crippen LogP contribution < -0.4 is 10.6 Å². The maximum atomic E-state index is 14.3. The van der Waals surface area contributed by atoms with E-state index in [-0.39, 0.29) is 11.5 Å². The Morgan fingerprint density at radius 3 is 2.18 bits per heavy atom. The van der Waals surface area contributed by atoms with Crippen LogP contribution in [0.5, 0.6) is 5.75 Å². The van der Waals surface area contributed by atoms with Crippen LogP contribution in [-0.4, -0.2) is 43.2 Å². The zero-order chi connectivity index (χ0) is 33.7. The van der Waals surface area contributed by atoms with Crippen molar-refractivity contribution < 1.29 is 19.0 Å². The predicted octanol–water partition coefficient (Wildman–Crippen LogP) is 9.82. The summed E-state index contributed by atoms with van der Waals surface area (Å²) in [5.41, 5.74) is 8.20. The second-order valence-electron chi connectivity index (χ2n) is 11.9. The van der Waals surface area contributed by atoms with Crippen molar-refractivity contribution in [3.05, 3.63) is 58.1 Å². The second kappa shape index (κ2) is 23.2. The zero-order valence-corrected chi connectivity index (χ0v) is 29.9. The van der Waals surface area contributed by atoms with Crippen LogP contribution in [0.1, 0.15) is 118 Å². The lowest BCUT2D eigenvalue weighted by Gasteiger charge is -2.29. The van der Waals surface area contributed by atoms with Gasteiger partial charge in [-0.15, -0.1) is 0 Å². The molecule has 1 saturated heterocycles. The molecule has 2 aromatic rings. The summed E-state index contributed by atoms with van der Waals surface area (Å²) in [6.45, 7) is 21.5. The van der Waals surface area contributed by atoms with Gasteiger partial charge in [0, 0.05) is 43.4 Å². The average Bonchev–Trinajstić information content (AvgIpc) is 3.52. The lowest BCUT2D eigenvalue weighted by molar-refractivity contribution is -0.116. The van der Waals surface area contributed by atoms with E-state index in [4.69, 9.17) is 22.1 Å². The minimum absolute atomic E-state index is 0.120. The molecule has 252 valence electrons. The molecule has 2 aromatic carbocycles. The van der Waals surface area contributed by atoms with Crippen LogP contribution in [0.2, 0.25) is 5.02 Å². The van der Waals surface area contributed by atoms with E-state index in [0.717, 1.165) is 62.9 Å². The van der Waals surface area contributed by atoms with Gasteiger partial charge < -0.3 is 25.3 Å². The number of nitrogens with two attached hydrogens (primary N) is 1. The summed E-state index contributed by atoms with van der Waals surface area (Å²) in [6.07, 6.45) is 8.22. The fourth-order valence-electron chi connectivity index (χ4n) is 4.73. The molecule has 0 aromatic heterocycles. The SMILES string of the molecule is CC.CC(=O)CCc1ccc(Cl)cc1O.CCCN(CCC)c1ccc(C(C)(C)F)cc1CC(C)CC.NCC1CCCO1. The van der Waals surface area contributed by atoms with E-state index < -0.39 is 5.67 Å². The van der Waals surface area contributed by atoms with Crippen LogP contribution in [0.4, 0.5) is 10.1 Å². The number of phenolic OH excluding ortho intramolecular Hbond substituents is 1. The van der Waals surface area contributed by atoms with Crippen LogP contribution >= 0.6 is 11.6 Å². The molecule has 2 atom stereocenters. The number of benzene rings is 2. The number of rotatable bonds is 13. The number of alkyl halides is 1. The van der Waals surface area contributed by atoms with E-state index in [1.54, 1.807) is 26.0 Å². The molecule has 7 heteroatoms. The minimum Gasteiger partial charge on any atom is -0.508 e. The molecule has 0 aliphatic carbocycles. The molecule has 3 N–H and O–H groups in total. The Hall–Kier alpha value is -2.15. The van der Waals surface area contributed by atoms with Crippen molar-refractivity contribution in [1.29, 1.82) is 0 Å². The fourth-order valence-corrected chi connectivity index (χ4v) is 4.90. The third-order valence-electron chi connectivity index (χ3n) is 7.44. The first-order valence-electron chi connectivity index (χ1n) is 16.7. The summed E-state index contributed by atoms with van der Waals surface area (Å²) in [5, 5.41) is 9.91. The molecule has 2 unspecified atom stereocenters. The fraction of sp³-hybridized carbons (Fsp3) is 0.649. The Bertz CT molecular complexity index is 1050.